The van der Waals surface area contributed by atoms with Gasteiger partial charge in [-0.05, 0) is 39.4 Å². The van der Waals surface area contributed by atoms with Crippen molar-refractivity contribution >= 4 is 10.1 Å². The molecule has 0 aromatic rings. The molecule has 1 rings (SSSR count). The SMILES string of the molecule is CCCCCCCCS(=O)(=O)OC1CCCCC1.CCN(C)CC. The Morgan fingerprint density at radius 2 is 1.42 bits per heavy atom. The van der Waals surface area contributed by atoms with Gasteiger partial charge in [0.1, 0.15) is 0 Å². The first kappa shape index (κ1) is 23.9. The van der Waals surface area contributed by atoms with E-state index in [4.69, 9.17) is 4.18 Å². The number of unbranched alkanes of at least 4 members (excludes halogenated alkanes) is 5. The van der Waals surface area contributed by atoms with Crippen LogP contribution in [-0.4, -0.2) is 45.3 Å². The maximum absolute atomic E-state index is 11.8. The largest absolute Gasteiger partial charge is 0.307 e. The van der Waals surface area contributed by atoms with Crippen LogP contribution in [0.15, 0.2) is 0 Å². The van der Waals surface area contributed by atoms with E-state index in [0.717, 1.165) is 58.0 Å². The highest BCUT2D eigenvalue weighted by Gasteiger charge is 2.21. The van der Waals surface area contributed by atoms with Gasteiger partial charge in [0, 0.05) is 0 Å². The van der Waals surface area contributed by atoms with Gasteiger partial charge in [0.05, 0.1) is 11.9 Å². The Kier molecular flexibility index (Phi) is 15.1. The highest BCUT2D eigenvalue weighted by molar-refractivity contribution is 7.86. The summed E-state index contributed by atoms with van der Waals surface area (Å²) >= 11 is 0. The summed E-state index contributed by atoms with van der Waals surface area (Å²) in [7, 11) is -1.16. The second-order valence-corrected chi connectivity index (χ2v) is 8.59. The lowest BCUT2D eigenvalue weighted by Crippen LogP contribution is -2.22. The molecule has 0 unspecified atom stereocenters. The van der Waals surface area contributed by atoms with Crippen LogP contribution in [0.2, 0.25) is 0 Å². The Morgan fingerprint density at radius 3 is 1.92 bits per heavy atom. The normalized spacial score (nSPS) is 16.0. The highest BCUT2D eigenvalue weighted by atomic mass is 32.2. The zero-order valence-corrected chi connectivity index (χ0v) is 17.4. The number of hydrogen-bond acceptors (Lipinski definition) is 4. The van der Waals surface area contributed by atoms with Gasteiger partial charge in [-0.25, -0.2) is 0 Å². The predicted molar refractivity (Wildman–Crippen MR) is 104 cm³/mol. The van der Waals surface area contributed by atoms with E-state index in [2.05, 4.69) is 32.7 Å². The number of rotatable bonds is 11. The summed E-state index contributed by atoms with van der Waals surface area (Å²) in [6.07, 6.45) is 11.8. The summed E-state index contributed by atoms with van der Waals surface area (Å²) in [5.74, 6) is 0.204. The quantitative estimate of drug-likeness (QED) is 0.383. The molecule has 0 heterocycles. The third kappa shape index (κ3) is 14.2. The van der Waals surface area contributed by atoms with Crippen LogP contribution in [0.4, 0.5) is 0 Å². The molecule has 0 atom stereocenters. The van der Waals surface area contributed by atoms with E-state index in [1.54, 1.807) is 0 Å². The van der Waals surface area contributed by atoms with Gasteiger partial charge in [-0.15, -0.1) is 0 Å². The zero-order valence-electron chi connectivity index (χ0n) is 16.6. The molecule has 1 fully saturated rings. The van der Waals surface area contributed by atoms with Crippen LogP contribution in [0.3, 0.4) is 0 Å². The number of hydrogen-bond donors (Lipinski definition) is 0. The van der Waals surface area contributed by atoms with Crippen molar-refractivity contribution < 1.29 is 12.6 Å². The van der Waals surface area contributed by atoms with Crippen molar-refractivity contribution in [2.45, 2.75) is 97.5 Å². The van der Waals surface area contributed by atoms with Gasteiger partial charge in [0.15, 0.2) is 0 Å². The molecule has 1 aliphatic rings. The lowest BCUT2D eigenvalue weighted by molar-refractivity contribution is 0.162. The molecule has 1 aliphatic carbocycles. The zero-order chi connectivity index (χ0) is 18.3. The van der Waals surface area contributed by atoms with Crippen molar-refractivity contribution in [2.24, 2.45) is 0 Å². The van der Waals surface area contributed by atoms with Crippen LogP contribution < -0.4 is 0 Å². The van der Waals surface area contributed by atoms with Gasteiger partial charge < -0.3 is 4.90 Å². The van der Waals surface area contributed by atoms with Gasteiger partial charge in [0.25, 0.3) is 10.1 Å². The van der Waals surface area contributed by atoms with Crippen molar-refractivity contribution in [3.05, 3.63) is 0 Å². The van der Waals surface area contributed by atoms with Crippen molar-refractivity contribution in [2.75, 3.05) is 25.9 Å². The van der Waals surface area contributed by atoms with Crippen molar-refractivity contribution in [3.63, 3.8) is 0 Å². The molecule has 0 N–H and O–H groups in total. The Hall–Kier alpha value is -0.130. The van der Waals surface area contributed by atoms with E-state index in [0.29, 0.717) is 0 Å². The van der Waals surface area contributed by atoms with Gasteiger partial charge in [-0.2, -0.15) is 8.42 Å². The lowest BCUT2D eigenvalue weighted by Gasteiger charge is -2.21. The average molecular weight is 364 g/mol. The van der Waals surface area contributed by atoms with E-state index < -0.39 is 10.1 Å². The molecule has 0 amide bonds. The smallest absolute Gasteiger partial charge is 0.267 e. The first-order valence-corrected chi connectivity index (χ1v) is 11.6. The van der Waals surface area contributed by atoms with Gasteiger partial charge in [-0.1, -0.05) is 72.1 Å². The standard InChI is InChI=1S/C14H28O3S.C5H13N/c1-2-3-4-5-6-10-13-18(15,16)17-14-11-8-7-9-12-14;1-4-6(3)5-2/h14H,2-13H2,1H3;4-5H2,1-3H3. The summed E-state index contributed by atoms with van der Waals surface area (Å²) in [6.45, 7) is 8.82. The molecule has 4 nitrogen and oxygen atoms in total. The number of nitrogens with zero attached hydrogens (tertiary/aromatic N) is 1. The second kappa shape index (κ2) is 15.2. The molecule has 5 heteroatoms. The highest BCUT2D eigenvalue weighted by Crippen LogP contribution is 2.22. The third-order valence-electron chi connectivity index (χ3n) is 4.66. The Bertz CT molecular complexity index is 361. The van der Waals surface area contributed by atoms with E-state index in [-0.39, 0.29) is 11.9 Å². The third-order valence-corrected chi connectivity index (χ3v) is 6.02. The minimum atomic E-state index is -3.27. The van der Waals surface area contributed by atoms with Crippen LogP contribution in [-0.2, 0) is 14.3 Å². The maximum Gasteiger partial charge on any atom is 0.267 e. The van der Waals surface area contributed by atoms with Crippen LogP contribution >= 0.6 is 0 Å². The fourth-order valence-electron chi connectivity index (χ4n) is 2.70. The summed E-state index contributed by atoms with van der Waals surface area (Å²) < 4.78 is 28.8. The second-order valence-electron chi connectivity index (χ2n) is 6.87. The van der Waals surface area contributed by atoms with Crippen LogP contribution in [0, 0.1) is 0 Å². The van der Waals surface area contributed by atoms with E-state index in [1.165, 1.54) is 25.7 Å². The molecule has 146 valence electrons. The maximum atomic E-state index is 11.8. The molecule has 0 saturated heterocycles. The monoisotopic (exact) mass is 363 g/mol. The van der Waals surface area contributed by atoms with Crippen LogP contribution in [0.25, 0.3) is 0 Å². The molecule has 0 radical (unpaired) electrons. The summed E-state index contributed by atoms with van der Waals surface area (Å²) in [4.78, 5) is 2.25. The van der Waals surface area contributed by atoms with Gasteiger partial charge in [-0.3, -0.25) is 4.18 Å². The van der Waals surface area contributed by atoms with Gasteiger partial charge >= 0.3 is 0 Å². The van der Waals surface area contributed by atoms with E-state index in [1.807, 2.05) is 0 Å². The van der Waals surface area contributed by atoms with Crippen molar-refractivity contribution in [1.82, 2.24) is 4.90 Å². The Balaban J connectivity index is 0.000000754. The lowest BCUT2D eigenvalue weighted by atomic mass is 9.98. The molecule has 0 aliphatic heterocycles. The molecule has 0 bridgehead atoms. The van der Waals surface area contributed by atoms with E-state index >= 15 is 0 Å². The summed E-state index contributed by atoms with van der Waals surface area (Å²) in [5, 5.41) is 0. The molecule has 0 spiro atoms. The predicted octanol–water partition coefficient (Wildman–Crippen LogP) is 4.98. The van der Waals surface area contributed by atoms with Crippen molar-refractivity contribution in [1.29, 1.82) is 0 Å². The topological polar surface area (TPSA) is 46.6 Å². The van der Waals surface area contributed by atoms with Crippen molar-refractivity contribution in [3.8, 4) is 0 Å². The van der Waals surface area contributed by atoms with Crippen LogP contribution in [0.5, 0.6) is 0 Å². The molecule has 24 heavy (non-hydrogen) atoms. The first-order chi connectivity index (χ1) is 11.4. The fourth-order valence-corrected chi connectivity index (χ4v) is 3.96. The van der Waals surface area contributed by atoms with E-state index in [9.17, 15) is 8.42 Å². The molecule has 0 aromatic carbocycles. The molecule has 0 aromatic heterocycles. The summed E-state index contributed by atoms with van der Waals surface area (Å²) in [5.41, 5.74) is 0. The Labute approximate surface area is 151 Å². The first-order valence-electron chi connectivity index (χ1n) is 10.0. The molecule has 1 saturated carbocycles. The van der Waals surface area contributed by atoms with Crippen LogP contribution in [0.1, 0.15) is 91.4 Å². The average Bonchev–Trinajstić information content (AvgIpc) is 2.58. The molecular weight excluding hydrogens is 322 g/mol. The van der Waals surface area contributed by atoms with Gasteiger partial charge in [0.2, 0.25) is 0 Å². The minimum Gasteiger partial charge on any atom is -0.307 e. The molecular formula is C19H41NO3S. The summed E-state index contributed by atoms with van der Waals surface area (Å²) in [6, 6.07) is 0. The Morgan fingerprint density at radius 1 is 0.875 bits per heavy atom. The minimum absolute atomic E-state index is 0.0381. The fraction of sp³-hybridized carbons (Fsp3) is 1.00.